The second kappa shape index (κ2) is 7.18. The molecule has 0 aliphatic rings. The molecule has 0 saturated carbocycles. The fraction of sp³-hybridized carbons (Fsp3) is 0.300. The molecule has 0 N–H and O–H groups in total. The number of nitriles is 1. The molecule has 0 aliphatic heterocycles. The molecular weight excluding hydrogens is 223 g/mol. The van der Waals surface area contributed by atoms with E-state index in [1.165, 1.54) is 25.1 Å². The molecule has 1 rings (SSSR count). The number of aryl methyl sites for hydroxylation is 1. The van der Waals surface area contributed by atoms with Crippen molar-refractivity contribution < 1.29 is 13.2 Å². The second-order valence-electron chi connectivity index (χ2n) is 2.51. The van der Waals surface area contributed by atoms with Crippen LogP contribution in [0.3, 0.4) is 0 Å². The highest BCUT2D eigenvalue weighted by Gasteiger charge is 2.06. The van der Waals surface area contributed by atoms with Gasteiger partial charge in [-0.3, -0.25) is 0 Å². The number of hydrogen-bond donors (Lipinski definition) is 0. The monoisotopic (exact) mass is 233 g/mol. The van der Waals surface area contributed by atoms with Gasteiger partial charge in [-0.1, -0.05) is 11.8 Å². The van der Waals surface area contributed by atoms with Crippen LogP contribution in [0.25, 0.3) is 0 Å². The molecule has 0 radical (unpaired) electrons. The Kier molecular flexibility index (Phi) is 6.63. The molecule has 1 nitrogen and oxygen atoms in total. The molecule has 1 aromatic carbocycles. The molecule has 0 atom stereocenters. The van der Waals surface area contributed by atoms with Crippen LogP contribution in [0.4, 0.5) is 13.2 Å². The van der Waals surface area contributed by atoms with Crippen molar-refractivity contribution in [2.24, 2.45) is 0 Å². The van der Waals surface area contributed by atoms with Crippen LogP contribution >= 0.6 is 11.8 Å². The van der Waals surface area contributed by atoms with Gasteiger partial charge in [-0.05, 0) is 30.7 Å². The van der Waals surface area contributed by atoms with E-state index < -0.39 is 5.76 Å². The summed E-state index contributed by atoms with van der Waals surface area (Å²) in [4.78, 5) is 0.393. The molecule has 5 heteroatoms. The Balaban J connectivity index is 0.000000583. The standard InChI is InChI=1S/C8H7F3S.C2H3N/c1-5-4-6(12-8(10)11)2-3-7(5)9;1-2-3/h2-4,8H,1H3;1H3. The summed E-state index contributed by atoms with van der Waals surface area (Å²) in [6.45, 7) is 2.98. The topological polar surface area (TPSA) is 23.8 Å². The molecule has 0 bridgehead atoms. The summed E-state index contributed by atoms with van der Waals surface area (Å²) in [7, 11) is 0. The van der Waals surface area contributed by atoms with Crippen LogP contribution in [0.15, 0.2) is 23.1 Å². The lowest BCUT2D eigenvalue weighted by Gasteiger charge is -2.01. The van der Waals surface area contributed by atoms with Gasteiger partial charge in [0.2, 0.25) is 0 Å². The first kappa shape index (κ1) is 13.8. The zero-order valence-electron chi connectivity index (χ0n) is 8.30. The molecule has 0 aliphatic carbocycles. The van der Waals surface area contributed by atoms with E-state index in [-0.39, 0.29) is 5.82 Å². The molecule has 0 aromatic heterocycles. The summed E-state index contributed by atoms with van der Waals surface area (Å²) >= 11 is 0.421. The third-order valence-corrected chi connectivity index (χ3v) is 2.06. The van der Waals surface area contributed by atoms with Crippen LogP contribution in [0, 0.1) is 24.1 Å². The van der Waals surface area contributed by atoms with Crippen molar-refractivity contribution in [1.29, 1.82) is 5.26 Å². The van der Waals surface area contributed by atoms with E-state index >= 15 is 0 Å². The summed E-state index contributed by atoms with van der Waals surface area (Å²) in [6.07, 6.45) is 0. The van der Waals surface area contributed by atoms with Crippen LogP contribution in [-0.2, 0) is 0 Å². The van der Waals surface area contributed by atoms with Crippen molar-refractivity contribution >= 4 is 11.8 Å². The number of alkyl halides is 2. The van der Waals surface area contributed by atoms with Gasteiger partial charge in [-0.15, -0.1) is 0 Å². The Hall–Kier alpha value is -1.15. The van der Waals surface area contributed by atoms with Gasteiger partial charge >= 0.3 is 0 Å². The number of nitrogens with zero attached hydrogens (tertiary/aromatic N) is 1. The largest absolute Gasteiger partial charge is 0.288 e. The van der Waals surface area contributed by atoms with E-state index in [0.717, 1.165) is 0 Å². The van der Waals surface area contributed by atoms with Gasteiger partial charge in [-0.25, -0.2) is 4.39 Å². The zero-order chi connectivity index (χ0) is 11.8. The number of hydrogen-bond acceptors (Lipinski definition) is 2. The van der Waals surface area contributed by atoms with Crippen LogP contribution in [0.1, 0.15) is 12.5 Å². The summed E-state index contributed by atoms with van der Waals surface area (Å²) < 4.78 is 36.3. The predicted molar refractivity (Wildman–Crippen MR) is 54.3 cm³/mol. The third-order valence-electron chi connectivity index (χ3n) is 1.35. The Morgan fingerprint density at radius 1 is 1.40 bits per heavy atom. The highest BCUT2D eigenvalue weighted by atomic mass is 32.2. The molecule has 1 aromatic rings. The van der Waals surface area contributed by atoms with Gasteiger partial charge in [0.05, 0.1) is 6.07 Å². The Morgan fingerprint density at radius 2 is 1.93 bits per heavy atom. The summed E-state index contributed by atoms with van der Waals surface area (Å²) in [6, 6.07) is 5.70. The van der Waals surface area contributed by atoms with E-state index in [1.54, 1.807) is 13.0 Å². The zero-order valence-corrected chi connectivity index (χ0v) is 9.12. The minimum absolute atomic E-state index is 0.367. The number of halogens is 3. The molecule has 0 amide bonds. The molecule has 0 heterocycles. The smallest absolute Gasteiger partial charge is 0.207 e. The van der Waals surface area contributed by atoms with Crippen molar-refractivity contribution in [3.8, 4) is 6.07 Å². The minimum Gasteiger partial charge on any atom is -0.207 e. The molecule has 0 spiro atoms. The molecule has 0 saturated heterocycles. The van der Waals surface area contributed by atoms with E-state index in [4.69, 9.17) is 5.26 Å². The quantitative estimate of drug-likeness (QED) is 0.721. The lowest BCUT2D eigenvalue weighted by Crippen LogP contribution is -1.85. The minimum atomic E-state index is -2.45. The molecular formula is C10H10F3NS. The number of thioether (sulfide) groups is 1. The van der Waals surface area contributed by atoms with Crippen LogP contribution in [-0.4, -0.2) is 5.76 Å². The predicted octanol–water partition coefficient (Wildman–Crippen LogP) is 3.98. The highest BCUT2D eigenvalue weighted by Crippen LogP contribution is 2.26. The average Bonchev–Trinajstić information content (AvgIpc) is 2.12. The van der Waals surface area contributed by atoms with Gasteiger partial charge < -0.3 is 0 Å². The number of benzene rings is 1. The maximum absolute atomic E-state index is 12.6. The van der Waals surface area contributed by atoms with Crippen molar-refractivity contribution in [3.63, 3.8) is 0 Å². The van der Waals surface area contributed by atoms with Gasteiger partial charge in [0, 0.05) is 11.8 Å². The molecule has 82 valence electrons. The van der Waals surface area contributed by atoms with Crippen molar-refractivity contribution in [2.45, 2.75) is 24.5 Å². The fourth-order valence-electron chi connectivity index (χ4n) is 0.793. The maximum atomic E-state index is 12.6. The molecule has 0 fully saturated rings. The van der Waals surface area contributed by atoms with E-state index in [2.05, 4.69) is 0 Å². The first-order valence-electron chi connectivity index (χ1n) is 4.03. The van der Waals surface area contributed by atoms with Crippen LogP contribution in [0.2, 0.25) is 0 Å². The molecule has 15 heavy (non-hydrogen) atoms. The maximum Gasteiger partial charge on any atom is 0.288 e. The normalized spacial score (nSPS) is 9.13. The van der Waals surface area contributed by atoms with Crippen molar-refractivity contribution in [2.75, 3.05) is 0 Å². The van der Waals surface area contributed by atoms with E-state index in [1.807, 2.05) is 0 Å². The van der Waals surface area contributed by atoms with Crippen molar-refractivity contribution in [1.82, 2.24) is 0 Å². The van der Waals surface area contributed by atoms with Crippen molar-refractivity contribution in [3.05, 3.63) is 29.6 Å². The van der Waals surface area contributed by atoms with Crippen LogP contribution < -0.4 is 0 Å². The summed E-state index contributed by atoms with van der Waals surface area (Å²) in [5.41, 5.74) is 0.389. The highest BCUT2D eigenvalue weighted by molar-refractivity contribution is 7.99. The lowest BCUT2D eigenvalue weighted by atomic mass is 10.2. The van der Waals surface area contributed by atoms with Gasteiger partial charge in [0.15, 0.2) is 0 Å². The third kappa shape index (κ3) is 6.02. The van der Waals surface area contributed by atoms with Gasteiger partial charge in [-0.2, -0.15) is 14.0 Å². The first-order valence-corrected chi connectivity index (χ1v) is 4.91. The van der Waals surface area contributed by atoms with Gasteiger partial charge in [0.1, 0.15) is 5.82 Å². The SMILES string of the molecule is CC#N.Cc1cc(SC(F)F)ccc1F. The lowest BCUT2D eigenvalue weighted by molar-refractivity contribution is 0.252. The number of rotatable bonds is 2. The van der Waals surface area contributed by atoms with E-state index in [9.17, 15) is 13.2 Å². The van der Waals surface area contributed by atoms with Gasteiger partial charge in [0.25, 0.3) is 5.76 Å². The average molecular weight is 233 g/mol. The second-order valence-corrected chi connectivity index (χ2v) is 3.58. The Bertz CT molecular complexity index is 347. The molecule has 0 unspecified atom stereocenters. The fourth-order valence-corrected chi connectivity index (χ4v) is 1.39. The summed E-state index contributed by atoms with van der Waals surface area (Å²) in [5.74, 6) is -2.82. The Labute approximate surface area is 90.9 Å². The summed E-state index contributed by atoms with van der Waals surface area (Å²) in [5, 5.41) is 7.32. The van der Waals surface area contributed by atoms with E-state index in [0.29, 0.717) is 22.2 Å². The Morgan fingerprint density at radius 3 is 2.33 bits per heavy atom. The first-order chi connectivity index (χ1) is 7.01. The van der Waals surface area contributed by atoms with Crippen LogP contribution in [0.5, 0.6) is 0 Å².